The van der Waals surface area contributed by atoms with E-state index in [2.05, 4.69) is 0 Å². The predicted molar refractivity (Wildman–Crippen MR) is 73.9 cm³/mol. The third kappa shape index (κ3) is 3.13. The van der Waals surface area contributed by atoms with Crippen LogP contribution >= 0.6 is 0 Å². The summed E-state index contributed by atoms with van der Waals surface area (Å²) in [7, 11) is 1.56. The van der Waals surface area contributed by atoms with Gasteiger partial charge in [-0.3, -0.25) is 0 Å². The molecular formula is C16H16O3. The molecule has 0 heterocycles. The molecule has 0 bridgehead atoms. The minimum absolute atomic E-state index is 0.387. The highest BCUT2D eigenvalue weighted by Gasteiger charge is 2.09. The normalized spacial score (nSPS) is 10.1. The summed E-state index contributed by atoms with van der Waals surface area (Å²) in [6, 6.07) is 12.5. The SMILES string of the molecule is COc1cccc(C(=O)Oc2ccc(C)c(C)c2)c1. The highest BCUT2D eigenvalue weighted by atomic mass is 16.5. The molecular weight excluding hydrogens is 240 g/mol. The zero-order chi connectivity index (χ0) is 13.8. The Hall–Kier alpha value is -2.29. The summed E-state index contributed by atoms with van der Waals surface area (Å²) < 4.78 is 10.4. The summed E-state index contributed by atoms with van der Waals surface area (Å²) in [6.45, 7) is 4.00. The van der Waals surface area contributed by atoms with Crippen molar-refractivity contribution < 1.29 is 14.3 Å². The first-order valence-electron chi connectivity index (χ1n) is 6.03. The van der Waals surface area contributed by atoms with Crippen molar-refractivity contribution in [3.05, 3.63) is 59.2 Å². The van der Waals surface area contributed by atoms with Crippen LogP contribution in [0.25, 0.3) is 0 Å². The predicted octanol–water partition coefficient (Wildman–Crippen LogP) is 3.53. The van der Waals surface area contributed by atoms with E-state index in [-0.39, 0.29) is 5.97 Å². The molecule has 3 heteroatoms. The Balaban J connectivity index is 2.18. The fraction of sp³-hybridized carbons (Fsp3) is 0.188. The summed E-state index contributed by atoms with van der Waals surface area (Å²) in [5.41, 5.74) is 2.73. The van der Waals surface area contributed by atoms with Crippen molar-refractivity contribution in [3.63, 3.8) is 0 Å². The topological polar surface area (TPSA) is 35.5 Å². The number of ether oxygens (including phenoxy) is 2. The minimum atomic E-state index is -0.387. The number of benzene rings is 2. The van der Waals surface area contributed by atoms with Gasteiger partial charge in [-0.15, -0.1) is 0 Å². The first kappa shape index (κ1) is 13.1. The summed E-state index contributed by atoms with van der Waals surface area (Å²) in [5.74, 6) is 0.799. The first-order valence-corrected chi connectivity index (χ1v) is 6.03. The van der Waals surface area contributed by atoms with Crippen LogP contribution in [-0.4, -0.2) is 13.1 Å². The Morgan fingerprint density at radius 3 is 2.42 bits per heavy atom. The lowest BCUT2D eigenvalue weighted by Gasteiger charge is -2.07. The Morgan fingerprint density at radius 1 is 0.947 bits per heavy atom. The van der Waals surface area contributed by atoms with Gasteiger partial charge in [-0.2, -0.15) is 0 Å². The van der Waals surface area contributed by atoms with Gasteiger partial charge in [0.2, 0.25) is 0 Å². The van der Waals surface area contributed by atoms with Crippen LogP contribution in [0.4, 0.5) is 0 Å². The smallest absolute Gasteiger partial charge is 0.343 e. The van der Waals surface area contributed by atoms with Crippen molar-refractivity contribution in [3.8, 4) is 11.5 Å². The van der Waals surface area contributed by atoms with Gasteiger partial charge in [0.15, 0.2) is 0 Å². The Morgan fingerprint density at radius 2 is 1.74 bits per heavy atom. The fourth-order valence-electron chi connectivity index (χ4n) is 1.69. The molecule has 3 nitrogen and oxygen atoms in total. The van der Waals surface area contributed by atoms with Crippen LogP contribution in [0.15, 0.2) is 42.5 Å². The van der Waals surface area contributed by atoms with E-state index in [0.29, 0.717) is 17.1 Å². The molecule has 98 valence electrons. The van der Waals surface area contributed by atoms with Crippen LogP contribution in [0.5, 0.6) is 11.5 Å². The molecule has 0 saturated carbocycles. The molecule has 0 aliphatic carbocycles. The third-order valence-corrected chi connectivity index (χ3v) is 2.99. The Labute approximate surface area is 112 Å². The highest BCUT2D eigenvalue weighted by molar-refractivity contribution is 5.91. The minimum Gasteiger partial charge on any atom is -0.497 e. The van der Waals surface area contributed by atoms with Gasteiger partial charge in [-0.05, 0) is 55.3 Å². The number of esters is 1. The van der Waals surface area contributed by atoms with Crippen LogP contribution in [0, 0.1) is 13.8 Å². The van der Waals surface area contributed by atoms with Crippen LogP contribution in [0.1, 0.15) is 21.5 Å². The number of carbonyl (C=O) groups excluding carboxylic acids is 1. The van der Waals surface area contributed by atoms with E-state index >= 15 is 0 Å². The molecule has 0 aliphatic heterocycles. The van der Waals surface area contributed by atoms with Crippen LogP contribution in [0.3, 0.4) is 0 Å². The van der Waals surface area contributed by atoms with E-state index in [1.165, 1.54) is 5.56 Å². The summed E-state index contributed by atoms with van der Waals surface area (Å²) >= 11 is 0. The molecule has 0 radical (unpaired) electrons. The standard InChI is InChI=1S/C16H16O3/c1-11-7-8-15(9-12(11)2)19-16(17)13-5-4-6-14(10-13)18-3/h4-10H,1-3H3. The average molecular weight is 256 g/mol. The van der Waals surface area contributed by atoms with Gasteiger partial charge < -0.3 is 9.47 Å². The zero-order valence-electron chi connectivity index (χ0n) is 11.3. The van der Waals surface area contributed by atoms with E-state index in [4.69, 9.17) is 9.47 Å². The van der Waals surface area contributed by atoms with Crippen molar-refractivity contribution >= 4 is 5.97 Å². The van der Waals surface area contributed by atoms with Gasteiger partial charge in [0.1, 0.15) is 11.5 Å². The summed E-state index contributed by atoms with van der Waals surface area (Å²) in [6.07, 6.45) is 0. The van der Waals surface area contributed by atoms with Crippen molar-refractivity contribution in [2.75, 3.05) is 7.11 Å². The molecule has 2 aromatic carbocycles. The van der Waals surface area contributed by atoms with Crippen molar-refractivity contribution in [1.29, 1.82) is 0 Å². The second-order valence-corrected chi connectivity index (χ2v) is 4.37. The molecule has 0 aromatic heterocycles. The van der Waals surface area contributed by atoms with Crippen molar-refractivity contribution in [2.24, 2.45) is 0 Å². The first-order chi connectivity index (χ1) is 9.10. The summed E-state index contributed by atoms with van der Waals surface area (Å²) in [4.78, 5) is 12.0. The van der Waals surface area contributed by atoms with Crippen molar-refractivity contribution in [2.45, 2.75) is 13.8 Å². The largest absolute Gasteiger partial charge is 0.497 e. The third-order valence-electron chi connectivity index (χ3n) is 2.99. The van der Waals surface area contributed by atoms with Gasteiger partial charge in [0.25, 0.3) is 0 Å². The van der Waals surface area contributed by atoms with Gasteiger partial charge in [-0.25, -0.2) is 4.79 Å². The van der Waals surface area contributed by atoms with Gasteiger partial charge in [-0.1, -0.05) is 12.1 Å². The molecule has 0 saturated heterocycles. The molecule has 0 atom stereocenters. The second-order valence-electron chi connectivity index (χ2n) is 4.37. The van der Waals surface area contributed by atoms with E-state index in [1.807, 2.05) is 26.0 Å². The van der Waals surface area contributed by atoms with E-state index in [9.17, 15) is 4.79 Å². The van der Waals surface area contributed by atoms with Crippen LogP contribution < -0.4 is 9.47 Å². The van der Waals surface area contributed by atoms with E-state index < -0.39 is 0 Å². The number of hydrogen-bond donors (Lipinski definition) is 0. The number of rotatable bonds is 3. The quantitative estimate of drug-likeness (QED) is 0.622. The average Bonchev–Trinajstić information content (AvgIpc) is 2.43. The molecule has 2 aromatic rings. The molecule has 0 amide bonds. The van der Waals surface area contributed by atoms with Gasteiger partial charge >= 0.3 is 5.97 Å². The molecule has 0 aliphatic rings. The fourth-order valence-corrected chi connectivity index (χ4v) is 1.69. The maximum atomic E-state index is 12.0. The Bertz CT molecular complexity index is 603. The molecule has 2 rings (SSSR count). The molecule has 0 spiro atoms. The van der Waals surface area contributed by atoms with Gasteiger partial charge in [0, 0.05) is 0 Å². The number of aryl methyl sites for hydroxylation is 2. The molecule has 19 heavy (non-hydrogen) atoms. The lowest BCUT2D eigenvalue weighted by molar-refractivity contribution is 0.0734. The highest BCUT2D eigenvalue weighted by Crippen LogP contribution is 2.19. The maximum Gasteiger partial charge on any atom is 0.343 e. The van der Waals surface area contributed by atoms with Crippen LogP contribution in [-0.2, 0) is 0 Å². The van der Waals surface area contributed by atoms with E-state index in [1.54, 1.807) is 37.4 Å². The maximum absolute atomic E-state index is 12.0. The lowest BCUT2D eigenvalue weighted by atomic mass is 10.1. The Kier molecular flexibility index (Phi) is 3.85. The zero-order valence-corrected chi connectivity index (χ0v) is 11.3. The number of carbonyl (C=O) groups is 1. The second kappa shape index (κ2) is 5.57. The molecule has 0 fully saturated rings. The van der Waals surface area contributed by atoms with Crippen molar-refractivity contribution in [1.82, 2.24) is 0 Å². The number of methoxy groups -OCH3 is 1. The lowest BCUT2D eigenvalue weighted by Crippen LogP contribution is -2.08. The van der Waals surface area contributed by atoms with E-state index in [0.717, 1.165) is 5.56 Å². The van der Waals surface area contributed by atoms with Crippen LogP contribution in [0.2, 0.25) is 0 Å². The molecule has 0 unspecified atom stereocenters. The monoisotopic (exact) mass is 256 g/mol. The number of hydrogen-bond acceptors (Lipinski definition) is 3. The summed E-state index contributed by atoms with van der Waals surface area (Å²) in [5, 5.41) is 0. The van der Waals surface area contributed by atoms with Gasteiger partial charge in [0.05, 0.1) is 12.7 Å². The molecule has 0 N–H and O–H groups in total.